The second-order valence-corrected chi connectivity index (χ2v) is 5.92. The highest BCUT2D eigenvalue weighted by atomic mass is 19.1. The summed E-state index contributed by atoms with van der Waals surface area (Å²) in [6.45, 7) is 0.510. The van der Waals surface area contributed by atoms with Crippen LogP contribution in [0.4, 0.5) is 4.39 Å². The monoisotopic (exact) mass is 353 g/mol. The van der Waals surface area contributed by atoms with Gasteiger partial charge in [-0.2, -0.15) is 5.10 Å². The molecule has 1 amide bonds. The van der Waals surface area contributed by atoms with Crippen LogP contribution in [0.25, 0.3) is 11.3 Å². The standard InChI is InChI=1S/C19H16FN3O3/c1-23-16(13-4-7-17-18(8-13)26-11-25-17)9-15(22-23)19(24)21-10-12-2-5-14(20)6-3-12/h2-9H,10-11H2,1H3,(H,21,24). The second kappa shape index (κ2) is 6.51. The van der Waals surface area contributed by atoms with Crippen LogP contribution in [0.2, 0.25) is 0 Å². The number of carbonyl (C=O) groups excluding carboxylic acids is 1. The Hall–Kier alpha value is -3.35. The molecule has 0 aliphatic carbocycles. The molecule has 0 unspecified atom stereocenters. The minimum absolute atomic E-state index is 0.210. The van der Waals surface area contributed by atoms with Gasteiger partial charge in [-0.1, -0.05) is 12.1 Å². The van der Waals surface area contributed by atoms with Crippen molar-refractivity contribution in [2.75, 3.05) is 6.79 Å². The molecule has 2 aromatic carbocycles. The van der Waals surface area contributed by atoms with Crippen LogP contribution in [0.1, 0.15) is 16.1 Å². The molecule has 26 heavy (non-hydrogen) atoms. The number of carbonyl (C=O) groups is 1. The molecule has 0 atom stereocenters. The number of rotatable bonds is 4. The number of ether oxygens (including phenoxy) is 2. The van der Waals surface area contributed by atoms with Gasteiger partial charge < -0.3 is 14.8 Å². The third-order valence-electron chi connectivity index (χ3n) is 4.15. The first-order valence-electron chi connectivity index (χ1n) is 8.07. The Kier molecular flexibility index (Phi) is 4.04. The normalized spacial score (nSPS) is 12.2. The van der Waals surface area contributed by atoms with E-state index in [9.17, 15) is 9.18 Å². The lowest BCUT2D eigenvalue weighted by atomic mass is 10.1. The quantitative estimate of drug-likeness (QED) is 0.783. The summed E-state index contributed by atoms with van der Waals surface area (Å²) in [5.41, 5.74) is 2.78. The van der Waals surface area contributed by atoms with Crippen LogP contribution in [0.15, 0.2) is 48.5 Å². The largest absolute Gasteiger partial charge is 0.454 e. The Morgan fingerprint density at radius 1 is 1.15 bits per heavy atom. The van der Waals surface area contributed by atoms with Gasteiger partial charge in [-0.15, -0.1) is 0 Å². The van der Waals surface area contributed by atoms with Gasteiger partial charge in [0.1, 0.15) is 5.82 Å². The van der Waals surface area contributed by atoms with Crippen molar-refractivity contribution in [3.63, 3.8) is 0 Å². The molecular formula is C19H16FN3O3. The maximum absolute atomic E-state index is 12.9. The molecule has 0 saturated heterocycles. The Labute approximate surface area is 149 Å². The summed E-state index contributed by atoms with van der Waals surface area (Å²) >= 11 is 0. The van der Waals surface area contributed by atoms with E-state index < -0.39 is 0 Å². The van der Waals surface area contributed by atoms with Gasteiger partial charge in [0.05, 0.1) is 5.69 Å². The third-order valence-corrected chi connectivity index (χ3v) is 4.15. The van der Waals surface area contributed by atoms with Gasteiger partial charge in [0.15, 0.2) is 17.2 Å². The number of hydrogen-bond acceptors (Lipinski definition) is 4. The van der Waals surface area contributed by atoms with E-state index in [1.807, 2.05) is 18.2 Å². The summed E-state index contributed by atoms with van der Waals surface area (Å²) < 4.78 is 25.3. The molecule has 2 heterocycles. The molecule has 0 bridgehead atoms. The molecule has 4 rings (SSSR count). The zero-order valence-electron chi connectivity index (χ0n) is 14.0. The summed E-state index contributed by atoms with van der Waals surface area (Å²) in [5, 5.41) is 7.07. The fourth-order valence-electron chi connectivity index (χ4n) is 2.78. The average Bonchev–Trinajstić information content (AvgIpc) is 3.26. The van der Waals surface area contributed by atoms with E-state index in [-0.39, 0.29) is 18.5 Å². The number of fused-ring (bicyclic) bond motifs is 1. The Bertz CT molecular complexity index is 967. The van der Waals surface area contributed by atoms with Crippen molar-refractivity contribution in [1.82, 2.24) is 15.1 Å². The Morgan fingerprint density at radius 2 is 1.92 bits per heavy atom. The molecule has 1 N–H and O–H groups in total. The summed E-state index contributed by atoms with van der Waals surface area (Å²) in [4.78, 5) is 12.4. The van der Waals surface area contributed by atoms with Gasteiger partial charge in [-0.3, -0.25) is 9.48 Å². The molecule has 3 aromatic rings. The first-order chi connectivity index (χ1) is 12.6. The van der Waals surface area contributed by atoms with Crippen LogP contribution in [-0.4, -0.2) is 22.5 Å². The molecule has 132 valence electrons. The van der Waals surface area contributed by atoms with Crippen molar-refractivity contribution in [3.05, 3.63) is 65.6 Å². The topological polar surface area (TPSA) is 65.4 Å². The molecule has 7 heteroatoms. The molecule has 0 spiro atoms. The van der Waals surface area contributed by atoms with Crippen molar-refractivity contribution in [2.45, 2.75) is 6.54 Å². The van der Waals surface area contributed by atoms with Gasteiger partial charge in [0, 0.05) is 19.2 Å². The smallest absolute Gasteiger partial charge is 0.272 e. The van der Waals surface area contributed by atoms with Crippen molar-refractivity contribution in [2.24, 2.45) is 7.05 Å². The number of halogens is 1. The predicted molar refractivity (Wildman–Crippen MR) is 92.3 cm³/mol. The zero-order chi connectivity index (χ0) is 18.1. The third kappa shape index (κ3) is 3.11. The highest BCUT2D eigenvalue weighted by Gasteiger charge is 2.18. The molecule has 1 aromatic heterocycles. The number of benzene rings is 2. The summed E-state index contributed by atoms with van der Waals surface area (Å²) in [7, 11) is 1.77. The number of nitrogens with zero attached hydrogens (tertiary/aromatic N) is 2. The van der Waals surface area contributed by atoms with E-state index in [4.69, 9.17) is 9.47 Å². The van der Waals surface area contributed by atoms with Crippen LogP contribution in [0.3, 0.4) is 0 Å². The van der Waals surface area contributed by atoms with Crippen LogP contribution in [0.5, 0.6) is 11.5 Å². The maximum Gasteiger partial charge on any atom is 0.272 e. The minimum atomic E-state index is -0.307. The fourth-order valence-corrected chi connectivity index (χ4v) is 2.78. The van der Waals surface area contributed by atoms with Crippen molar-refractivity contribution in [3.8, 4) is 22.8 Å². The number of amides is 1. The number of aryl methyl sites for hydroxylation is 1. The SMILES string of the molecule is Cn1nc(C(=O)NCc2ccc(F)cc2)cc1-c1ccc2c(c1)OCO2. The van der Waals surface area contributed by atoms with Gasteiger partial charge in [0.25, 0.3) is 5.91 Å². The van der Waals surface area contributed by atoms with Crippen molar-refractivity contribution >= 4 is 5.91 Å². The predicted octanol–water partition coefficient (Wildman–Crippen LogP) is 2.88. The van der Waals surface area contributed by atoms with Crippen LogP contribution in [0, 0.1) is 5.82 Å². The fraction of sp³-hybridized carbons (Fsp3) is 0.158. The van der Waals surface area contributed by atoms with Gasteiger partial charge in [0.2, 0.25) is 6.79 Å². The highest BCUT2D eigenvalue weighted by Crippen LogP contribution is 2.35. The molecule has 0 saturated carbocycles. The first kappa shape index (κ1) is 16.1. The molecule has 6 nitrogen and oxygen atoms in total. The molecule has 1 aliphatic heterocycles. The lowest BCUT2D eigenvalue weighted by Gasteiger charge is -2.03. The number of nitrogens with one attached hydrogen (secondary N) is 1. The summed E-state index contributed by atoms with van der Waals surface area (Å²) in [6.07, 6.45) is 0. The van der Waals surface area contributed by atoms with Gasteiger partial charge >= 0.3 is 0 Å². The van der Waals surface area contributed by atoms with Gasteiger partial charge in [-0.25, -0.2) is 4.39 Å². The van der Waals surface area contributed by atoms with Crippen molar-refractivity contribution in [1.29, 1.82) is 0 Å². The van der Waals surface area contributed by atoms with E-state index in [0.717, 1.165) is 16.8 Å². The zero-order valence-corrected chi connectivity index (χ0v) is 14.0. The lowest BCUT2D eigenvalue weighted by Crippen LogP contribution is -2.23. The van der Waals surface area contributed by atoms with Crippen molar-refractivity contribution < 1.29 is 18.7 Å². The van der Waals surface area contributed by atoms with Crippen LogP contribution < -0.4 is 14.8 Å². The highest BCUT2D eigenvalue weighted by molar-refractivity contribution is 5.93. The Morgan fingerprint density at radius 3 is 2.73 bits per heavy atom. The average molecular weight is 353 g/mol. The van der Waals surface area contributed by atoms with Crippen LogP contribution >= 0.6 is 0 Å². The molecule has 0 fully saturated rings. The molecule has 1 aliphatic rings. The first-order valence-corrected chi connectivity index (χ1v) is 8.07. The number of aromatic nitrogens is 2. The summed E-state index contributed by atoms with van der Waals surface area (Å²) in [5.74, 6) is 0.772. The van der Waals surface area contributed by atoms with Crippen LogP contribution in [-0.2, 0) is 13.6 Å². The summed E-state index contributed by atoms with van der Waals surface area (Å²) in [6, 6.07) is 13.3. The second-order valence-electron chi connectivity index (χ2n) is 5.92. The molecule has 0 radical (unpaired) electrons. The van der Waals surface area contributed by atoms with E-state index >= 15 is 0 Å². The number of hydrogen-bond donors (Lipinski definition) is 1. The van der Waals surface area contributed by atoms with E-state index in [1.54, 1.807) is 29.9 Å². The molecular weight excluding hydrogens is 337 g/mol. The van der Waals surface area contributed by atoms with E-state index in [2.05, 4.69) is 10.4 Å². The van der Waals surface area contributed by atoms with E-state index in [1.165, 1.54) is 12.1 Å². The minimum Gasteiger partial charge on any atom is -0.454 e. The van der Waals surface area contributed by atoms with Gasteiger partial charge in [-0.05, 0) is 42.0 Å². The Balaban J connectivity index is 1.50. The van der Waals surface area contributed by atoms with E-state index in [0.29, 0.717) is 23.7 Å². The maximum atomic E-state index is 12.9. The lowest BCUT2D eigenvalue weighted by molar-refractivity contribution is 0.0945.